The summed E-state index contributed by atoms with van der Waals surface area (Å²) >= 11 is 0. The minimum atomic E-state index is 0.311. The Morgan fingerprint density at radius 3 is 2.75 bits per heavy atom. The summed E-state index contributed by atoms with van der Waals surface area (Å²) in [6.07, 6.45) is 5.11. The van der Waals surface area contributed by atoms with Crippen LogP contribution in [0.4, 0.5) is 5.82 Å². The maximum atomic E-state index is 9.35. The molecule has 0 bridgehead atoms. The molecule has 5 aromatic rings. The number of aromatic nitrogens is 6. The second-order valence-corrected chi connectivity index (χ2v) is 7.37. The summed E-state index contributed by atoms with van der Waals surface area (Å²) in [6.45, 7) is 2.46. The summed E-state index contributed by atoms with van der Waals surface area (Å²) in [6, 6.07) is 17.2. The molecule has 154 valence electrons. The van der Waals surface area contributed by atoms with Crippen LogP contribution in [-0.4, -0.2) is 29.7 Å². The van der Waals surface area contributed by atoms with E-state index >= 15 is 0 Å². The third kappa shape index (κ3) is 3.52. The standard InChI is InChI=1S/C24H18N8/c1-15-4-2-7-18(29-15)12-32-13-19-21(20-8-9-27-14-28-20)22(30-24(26)23(19)31-32)17-6-3-5-16(10-17)11-25/h2-10,13-14H,12H2,1H3,(H2,26,30). The highest BCUT2D eigenvalue weighted by atomic mass is 15.3. The van der Waals surface area contributed by atoms with Gasteiger partial charge in [0.2, 0.25) is 0 Å². The fraction of sp³-hybridized carbons (Fsp3) is 0.0833. The number of nitrogen functional groups attached to an aromatic ring is 1. The molecule has 0 unspecified atom stereocenters. The summed E-state index contributed by atoms with van der Waals surface area (Å²) in [4.78, 5) is 17.7. The van der Waals surface area contributed by atoms with E-state index in [4.69, 9.17) is 5.73 Å². The Bertz CT molecular complexity index is 1480. The van der Waals surface area contributed by atoms with Crippen LogP contribution >= 0.6 is 0 Å². The third-order valence-electron chi connectivity index (χ3n) is 5.12. The third-order valence-corrected chi connectivity index (χ3v) is 5.12. The van der Waals surface area contributed by atoms with Gasteiger partial charge in [0.05, 0.1) is 35.3 Å². The van der Waals surface area contributed by atoms with Crippen LogP contribution in [0.5, 0.6) is 0 Å². The van der Waals surface area contributed by atoms with E-state index in [9.17, 15) is 5.26 Å². The smallest absolute Gasteiger partial charge is 0.152 e. The van der Waals surface area contributed by atoms with Crippen LogP contribution in [0.3, 0.4) is 0 Å². The lowest BCUT2D eigenvalue weighted by Crippen LogP contribution is -2.03. The average Bonchev–Trinajstić information content (AvgIpc) is 3.23. The Morgan fingerprint density at radius 1 is 1.09 bits per heavy atom. The minimum Gasteiger partial charge on any atom is -0.382 e. The maximum Gasteiger partial charge on any atom is 0.152 e. The maximum absolute atomic E-state index is 9.35. The van der Waals surface area contributed by atoms with Gasteiger partial charge >= 0.3 is 0 Å². The van der Waals surface area contributed by atoms with Gasteiger partial charge in [-0.3, -0.25) is 9.67 Å². The summed E-state index contributed by atoms with van der Waals surface area (Å²) in [5, 5.41) is 14.9. The summed E-state index contributed by atoms with van der Waals surface area (Å²) in [7, 11) is 0. The number of aryl methyl sites for hydroxylation is 1. The van der Waals surface area contributed by atoms with Crippen LogP contribution in [0, 0.1) is 18.3 Å². The zero-order valence-electron chi connectivity index (χ0n) is 17.3. The Balaban J connectivity index is 1.74. The summed E-state index contributed by atoms with van der Waals surface area (Å²) in [5.41, 5.74) is 12.2. The first kappa shape index (κ1) is 19.3. The van der Waals surface area contributed by atoms with E-state index in [0.717, 1.165) is 27.9 Å². The van der Waals surface area contributed by atoms with Gasteiger partial charge in [0.1, 0.15) is 11.8 Å². The first-order valence-electron chi connectivity index (χ1n) is 9.98. The molecule has 4 aromatic heterocycles. The average molecular weight is 418 g/mol. The van der Waals surface area contributed by atoms with Crippen molar-refractivity contribution in [1.82, 2.24) is 29.7 Å². The minimum absolute atomic E-state index is 0.311. The largest absolute Gasteiger partial charge is 0.382 e. The lowest BCUT2D eigenvalue weighted by molar-refractivity contribution is 0.679. The molecule has 0 saturated heterocycles. The molecule has 5 rings (SSSR count). The fourth-order valence-electron chi connectivity index (χ4n) is 3.73. The van der Waals surface area contributed by atoms with Gasteiger partial charge in [0.25, 0.3) is 0 Å². The molecule has 8 heteroatoms. The van der Waals surface area contributed by atoms with Crippen LogP contribution in [0.25, 0.3) is 33.4 Å². The predicted octanol–water partition coefficient (Wildman–Crippen LogP) is 3.76. The molecule has 2 N–H and O–H groups in total. The van der Waals surface area contributed by atoms with E-state index < -0.39 is 0 Å². The second kappa shape index (κ2) is 7.89. The van der Waals surface area contributed by atoms with Crippen molar-refractivity contribution in [2.75, 3.05) is 5.73 Å². The van der Waals surface area contributed by atoms with Crippen LogP contribution in [0.1, 0.15) is 17.0 Å². The van der Waals surface area contributed by atoms with Gasteiger partial charge in [-0.15, -0.1) is 0 Å². The molecule has 0 saturated carbocycles. The number of hydrogen-bond acceptors (Lipinski definition) is 7. The monoisotopic (exact) mass is 418 g/mol. The van der Waals surface area contributed by atoms with Gasteiger partial charge in [-0.1, -0.05) is 18.2 Å². The van der Waals surface area contributed by atoms with E-state index in [1.807, 2.05) is 54.2 Å². The van der Waals surface area contributed by atoms with Crippen molar-refractivity contribution in [2.45, 2.75) is 13.5 Å². The molecule has 32 heavy (non-hydrogen) atoms. The molecular formula is C24H18N8. The number of anilines is 1. The molecule has 1 aromatic carbocycles. The van der Waals surface area contributed by atoms with E-state index in [0.29, 0.717) is 34.8 Å². The lowest BCUT2D eigenvalue weighted by atomic mass is 9.98. The molecule has 0 aliphatic heterocycles. The summed E-state index contributed by atoms with van der Waals surface area (Å²) in [5.74, 6) is 0.311. The Morgan fingerprint density at radius 2 is 1.97 bits per heavy atom. The van der Waals surface area contributed by atoms with E-state index in [1.165, 1.54) is 6.33 Å². The molecule has 8 nitrogen and oxygen atoms in total. The van der Waals surface area contributed by atoms with Gasteiger partial charge in [-0.2, -0.15) is 10.4 Å². The van der Waals surface area contributed by atoms with Crippen LogP contribution < -0.4 is 5.73 Å². The topological polar surface area (TPSA) is 119 Å². The number of hydrogen-bond donors (Lipinski definition) is 1. The van der Waals surface area contributed by atoms with Crippen LogP contribution in [0.15, 0.2) is 67.3 Å². The van der Waals surface area contributed by atoms with Gasteiger partial charge < -0.3 is 5.73 Å². The van der Waals surface area contributed by atoms with Crippen molar-refractivity contribution in [1.29, 1.82) is 5.26 Å². The summed E-state index contributed by atoms with van der Waals surface area (Å²) < 4.78 is 1.81. The van der Waals surface area contributed by atoms with Crippen LogP contribution in [0.2, 0.25) is 0 Å². The van der Waals surface area contributed by atoms with Gasteiger partial charge in [-0.25, -0.2) is 15.0 Å². The van der Waals surface area contributed by atoms with Crippen molar-refractivity contribution < 1.29 is 0 Å². The molecule has 0 spiro atoms. The predicted molar refractivity (Wildman–Crippen MR) is 121 cm³/mol. The number of nitrogens with two attached hydrogens (primary N) is 1. The normalized spacial score (nSPS) is 10.9. The van der Waals surface area contributed by atoms with E-state index in [1.54, 1.807) is 18.3 Å². The highest BCUT2D eigenvalue weighted by molar-refractivity contribution is 6.04. The molecule has 4 heterocycles. The molecule has 0 fully saturated rings. The van der Waals surface area contributed by atoms with Gasteiger partial charge in [-0.05, 0) is 37.3 Å². The van der Waals surface area contributed by atoms with Gasteiger partial charge in [0, 0.05) is 34.6 Å². The van der Waals surface area contributed by atoms with E-state index in [-0.39, 0.29) is 0 Å². The number of pyridine rings is 2. The molecule has 0 amide bonds. The fourth-order valence-corrected chi connectivity index (χ4v) is 3.73. The zero-order chi connectivity index (χ0) is 22.1. The number of nitrogens with zero attached hydrogens (tertiary/aromatic N) is 7. The number of rotatable bonds is 4. The quantitative estimate of drug-likeness (QED) is 0.472. The Labute approximate surface area is 184 Å². The first-order valence-corrected chi connectivity index (χ1v) is 9.98. The Hall–Kier alpha value is -4.64. The molecule has 0 aliphatic rings. The Kier molecular flexibility index (Phi) is 4.76. The molecule has 0 atom stereocenters. The van der Waals surface area contributed by atoms with Crippen LogP contribution in [-0.2, 0) is 6.54 Å². The number of fused-ring (bicyclic) bond motifs is 1. The lowest BCUT2D eigenvalue weighted by Gasteiger charge is -2.11. The van der Waals surface area contributed by atoms with E-state index in [2.05, 4.69) is 31.1 Å². The van der Waals surface area contributed by atoms with Gasteiger partial charge in [0.15, 0.2) is 5.82 Å². The zero-order valence-corrected chi connectivity index (χ0v) is 17.3. The van der Waals surface area contributed by atoms with Crippen molar-refractivity contribution >= 4 is 16.7 Å². The first-order chi connectivity index (χ1) is 15.6. The number of benzene rings is 1. The highest BCUT2D eigenvalue weighted by Crippen LogP contribution is 2.37. The number of nitriles is 1. The SMILES string of the molecule is Cc1cccc(Cn2cc3c(-c4ccncn4)c(-c4cccc(C#N)c4)nc(N)c3n2)n1. The molecular weight excluding hydrogens is 400 g/mol. The molecule has 0 aliphatic carbocycles. The second-order valence-electron chi connectivity index (χ2n) is 7.37. The highest BCUT2D eigenvalue weighted by Gasteiger charge is 2.20. The molecule has 0 radical (unpaired) electrons. The van der Waals surface area contributed by atoms with Crippen molar-refractivity contribution in [2.24, 2.45) is 0 Å². The van der Waals surface area contributed by atoms with Crippen molar-refractivity contribution in [3.05, 3.63) is 84.2 Å². The van der Waals surface area contributed by atoms with Crippen molar-refractivity contribution in [3.8, 4) is 28.6 Å². The van der Waals surface area contributed by atoms with Crippen molar-refractivity contribution in [3.63, 3.8) is 0 Å².